The Kier molecular flexibility index (Phi) is 4.62. The molecule has 0 radical (unpaired) electrons. The normalized spacial score (nSPS) is 14.8. The second kappa shape index (κ2) is 6.42. The highest BCUT2D eigenvalue weighted by Gasteiger charge is 2.21. The smallest absolute Gasteiger partial charge is 0.302 e. The van der Waals surface area contributed by atoms with Gasteiger partial charge in [0, 0.05) is 12.6 Å². The molecule has 20 heavy (non-hydrogen) atoms. The molecule has 1 heterocycles. The molecule has 1 aromatic carbocycles. The van der Waals surface area contributed by atoms with Gasteiger partial charge in [0.1, 0.15) is 0 Å². The summed E-state index contributed by atoms with van der Waals surface area (Å²) < 4.78 is 5.06. The number of thioether (sulfide) groups is 1. The molecule has 106 valence electrons. The summed E-state index contributed by atoms with van der Waals surface area (Å²) in [5.41, 5.74) is 1.65. The van der Waals surface area contributed by atoms with Crippen LogP contribution in [0.15, 0.2) is 29.4 Å². The lowest BCUT2D eigenvalue weighted by atomic mass is 10.2. The van der Waals surface area contributed by atoms with E-state index in [0.29, 0.717) is 18.2 Å². The summed E-state index contributed by atoms with van der Waals surface area (Å²) in [6.45, 7) is 1.83. The van der Waals surface area contributed by atoms with E-state index < -0.39 is 0 Å². The van der Waals surface area contributed by atoms with Crippen molar-refractivity contribution >= 4 is 34.5 Å². The van der Waals surface area contributed by atoms with Gasteiger partial charge < -0.3 is 10.1 Å². The van der Waals surface area contributed by atoms with Crippen LogP contribution in [0.1, 0.15) is 12.5 Å². The van der Waals surface area contributed by atoms with Crippen LogP contribution in [-0.4, -0.2) is 34.9 Å². The molecule has 0 aliphatic carbocycles. The molecule has 2 amide bonds. The molecule has 0 atom stereocenters. The Hall–Kier alpha value is -2.02. The first kappa shape index (κ1) is 14.4. The number of carbonyl (C=O) groups excluding carboxylic acids is 2. The third kappa shape index (κ3) is 3.74. The van der Waals surface area contributed by atoms with E-state index in [4.69, 9.17) is 4.74 Å². The summed E-state index contributed by atoms with van der Waals surface area (Å²) in [5, 5.41) is 8.10. The highest BCUT2D eigenvalue weighted by Crippen LogP contribution is 2.19. The van der Waals surface area contributed by atoms with Crippen LogP contribution in [0.5, 0.6) is 0 Å². The number of anilines is 1. The Bertz CT molecular complexity index is 542. The molecule has 0 unspecified atom stereocenters. The number of nitrogens with one attached hydrogen (secondary N) is 1. The van der Waals surface area contributed by atoms with E-state index in [-0.39, 0.29) is 11.1 Å². The van der Waals surface area contributed by atoms with Gasteiger partial charge in [0.15, 0.2) is 0 Å². The molecule has 0 saturated carbocycles. The largest absolute Gasteiger partial charge is 0.482 e. The molecule has 1 aliphatic heterocycles. The van der Waals surface area contributed by atoms with Crippen LogP contribution in [0, 0.1) is 0 Å². The molecule has 1 aliphatic rings. The summed E-state index contributed by atoms with van der Waals surface area (Å²) in [5.74, 6) is 0.881. The first-order valence-electron chi connectivity index (χ1n) is 6.01. The van der Waals surface area contributed by atoms with Gasteiger partial charge in [0.25, 0.3) is 0 Å². The van der Waals surface area contributed by atoms with Crippen LogP contribution < -0.4 is 5.32 Å². The van der Waals surface area contributed by atoms with Gasteiger partial charge in [-0.2, -0.15) is 0 Å². The highest BCUT2D eigenvalue weighted by molar-refractivity contribution is 8.14. The van der Waals surface area contributed by atoms with E-state index >= 15 is 0 Å². The predicted molar refractivity (Wildman–Crippen MR) is 78.6 cm³/mol. The lowest BCUT2D eigenvalue weighted by Gasteiger charge is -2.21. The zero-order valence-electron chi connectivity index (χ0n) is 11.3. The van der Waals surface area contributed by atoms with E-state index in [9.17, 15) is 9.59 Å². The second-order valence-corrected chi connectivity index (χ2v) is 5.11. The van der Waals surface area contributed by atoms with Crippen molar-refractivity contribution in [3.05, 3.63) is 29.8 Å². The molecule has 0 fully saturated rings. The number of ether oxygens (including phenoxy) is 1. The van der Waals surface area contributed by atoms with Crippen molar-refractivity contribution in [1.82, 2.24) is 5.01 Å². The Morgan fingerprint density at radius 1 is 1.45 bits per heavy atom. The van der Waals surface area contributed by atoms with Gasteiger partial charge in [-0.1, -0.05) is 23.9 Å². The molecule has 0 spiro atoms. The quantitative estimate of drug-likeness (QED) is 0.928. The summed E-state index contributed by atoms with van der Waals surface area (Å²) in [7, 11) is 1.54. The Labute approximate surface area is 121 Å². The average Bonchev–Trinajstić information content (AvgIpc) is 2.43. The van der Waals surface area contributed by atoms with Crippen molar-refractivity contribution in [1.29, 1.82) is 0 Å². The van der Waals surface area contributed by atoms with Crippen LogP contribution in [0.3, 0.4) is 0 Å². The van der Waals surface area contributed by atoms with Crippen molar-refractivity contribution in [2.75, 3.05) is 18.2 Å². The van der Waals surface area contributed by atoms with E-state index in [1.165, 1.54) is 19.0 Å². The number of rotatable bonds is 3. The highest BCUT2D eigenvalue weighted by atomic mass is 32.2. The number of benzene rings is 1. The number of hydrazone groups is 1. The van der Waals surface area contributed by atoms with Gasteiger partial charge in [-0.25, -0.2) is 5.01 Å². The lowest BCUT2D eigenvalue weighted by molar-refractivity contribution is -0.114. The zero-order chi connectivity index (χ0) is 14.5. The first-order valence-corrected chi connectivity index (χ1v) is 6.99. The monoisotopic (exact) mass is 293 g/mol. The number of hydrogen-bond acceptors (Lipinski definition) is 5. The third-order valence-electron chi connectivity index (χ3n) is 2.60. The summed E-state index contributed by atoms with van der Waals surface area (Å²) >= 11 is 1.16. The molecule has 7 heteroatoms. The van der Waals surface area contributed by atoms with Crippen molar-refractivity contribution in [3.63, 3.8) is 0 Å². The van der Waals surface area contributed by atoms with Gasteiger partial charge >= 0.3 is 5.24 Å². The minimum atomic E-state index is -0.116. The number of methoxy groups -OCH3 is 1. The topological polar surface area (TPSA) is 71.0 Å². The molecule has 0 saturated heterocycles. The number of carbonyl (C=O) groups is 2. The van der Waals surface area contributed by atoms with E-state index in [0.717, 1.165) is 23.0 Å². The molecular weight excluding hydrogens is 278 g/mol. The Morgan fingerprint density at radius 2 is 2.15 bits per heavy atom. The second-order valence-electron chi connectivity index (χ2n) is 4.19. The van der Waals surface area contributed by atoms with E-state index in [2.05, 4.69) is 10.4 Å². The van der Waals surface area contributed by atoms with Crippen LogP contribution in [-0.2, 0) is 16.1 Å². The van der Waals surface area contributed by atoms with Crippen LogP contribution in [0.2, 0.25) is 0 Å². The molecule has 2 rings (SSSR count). The molecule has 1 aromatic rings. The molecule has 0 aromatic heterocycles. The zero-order valence-corrected chi connectivity index (χ0v) is 12.1. The third-order valence-corrected chi connectivity index (χ3v) is 3.45. The number of amides is 2. The number of nitrogens with zero attached hydrogens (tertiary/aromatic N) is 2. The summed E-state index contributed by atoms with van der Waals surface area (Å²) in [6, 6.07) is 7.28. The lowest BCUT2D eigenvalue weighted by Crippen LogP contribution is -2.29. The van der Waals surface area contributed by atoms with Crippen molar-refractivity contribution in [2.45, 2.75) is 13.5 Å². The van der Waals surface area contributed by atoms with Crippen molar-refractivity contribution in [2.24, 2.45) is 5.10 Å². The minimum Gasteiger partial charge on any atom is -0.482 e. The van der Waals surface area contributed by atoms with Gasteiger partial charge in [-0.3, -0.25) is 9.59 Å². The standard InChI is InChI=1S/C13H15N3O3S/c1-9(17)14-11-5-3-10(4-6-11)7-16-13(18)20-8-12(15-16)19-2/h3-6H,7-8H2,1-2H3,(H,14,17). The summed E-state index contributed by atoms with van der Waals surface area (Å²) in [4.78, 5) is 22.7. The van der Waals surface area contributed by atoms with Gasteiger partial charge in [0.05, 0.1) is 19.4 Å². The predicted octanol–water partition coefficient (Wildman–Crippen LogP) is 2.27. The van der Waals surface area contributed by atoms with Crippen LogP contribution in [0.4, 0.5) is 10.5 Å². The SMILES string of the molecule is COC1=NN(Cc2ccc(NC(C)=O)cc2)C(=O)SC1. The van der Waals surface area contributed by atoms with Crippen molar-refractivity contribution in [3.8, 4) is 0 Å². The first-order chi connectivity index (χ1) is 9.58. The molecule has 6 nitrogen and oxygen atoms in total. The molecular formula is C13H15N3O3S. The van der Waals surface area contributed by atoms with Crippen molar-refractivity contribution < 1.29 is 14.3 Å². The Morgan fingerprint density at radius 3 is 2.75 bits per heavy atom. The van der Waals surface area contributed by atoms with E-state index in [1.54, 1.807) is 12.1 Å². The number of hydrogen-bond donors (Lipinski definition) is 1. The van der Waals surface area contributed by atoms with Crippen LogP contribution in [0.25, 0.3) is 0 Å². The van der Waals surface area contributed by atoms with E-state index in [1.807, 2.05) is 12.1 Å². The van der Waals surface area contributed by atoms with Gasteiger partial charge in [-0.05, 0) is 17.7 Å². The Balaban J connectivity index is 2.05. The van der Waals surface area contributed by atoms with Crippen LogP contribution >= 0.6 is 11.8 Å². The maximum absolute atomic E-state index is 11.7. The van der Waals surface area contributed by atoms with Gasteiger partial charge in [-0.15, -0.1) is 5.10 Å². The summed E-state index contributed by atoms with van der Waals surface area (Å²) in [6.07, 6.45) is 0. The maximum Gasteiger partial charge on any atom is 0.302 e. The average molecular weight is 293 g/mol. The fourth-order valence-electron chi connectivity index (χ4n) is 1.67. The fraction of sp³-hybridized carbons (Fsp3) is 0.308. The molecule has 0 bridgehead atoms. The fourth-order valence-corrected chi connectivity index (χ4v) is 2.35. The molecule has 1 N–H and O–H groups in total. The maximum atomic E-state index is 11.7. The van der Waals surface area contributed by atoms with Gasteiger partial charge in [0.2, 0.25) is 11.8 Å². The minimum absolute atomic E-state index is 0.100.